The highest BCUT2D eigenvalue weighted by Crippen LogP contribution is 2.27. The summed E-state index contributed by atoms with van der Waals surface area (Å²) in [6.45, 7) is 0. The Morgan fingerprint density at radius 3 is 2.36 bits per heavy atom. The number of azo groups is 1. The van der Waals surface area contributed by atoms with Crippen LogP contribution in [-0.2, 0) is 4.79 Å². The van der Waals surface area contributed by atoms with Gasteiger partial charge in [-0.2, -0.15) is 18.3 Å². The number of carbonyl (C=O) groups is 1. The van der Waals surface area contributed by atoms with Crippen LogP contribution >= 0.6 is 11.6 Å². The maximum absolute atomic E-state index is 12.5. The molecule has 130 valence electrons. The quantitative estimate of drug-likeness (QED) is 0.407. The van der Waals surface area contributed by atoms with Crippen molar-refractivity contribution in [2.24, 2.45) is 10.2 Å². The van der Waals surface area contributed by atoms with Crippen molar-refractivity contribution in [2.75, 3.05) is 0 Å². The zero-order chi connectivity index (χ0) is 18.4. The van der Waals surface area contributed by atoms with Gasteiger partial charge in [0.25, 0.3) is 0 Å². The van der Waals surface area contributed by atoms with E-state index in [-0.39, 0.29) is 11.3 Å². The third kappa shape index (κ3) is 5.72. The number of ketones is 1. The first kappa shape index (κ1) is 18.7. The molecule has 0 fully saturated rings. The predicted octanol–water partition coefficient (Wildman–Crippen LogP) is 5.87. The summed E-state index contributed by atoms with van der Waals surface area (Å²) in [6.07, 6.45) is -6.49. The van der Waals surface area contributed by atoms with Crippen LogP contribution < -0.4 is 0 Å². The minimum atomic E-state index is -4.73. The van der Waals surface area contributed by atoms with Crippen LogP contribution in [0.3, 0.4) is 0 Å². The third-order valence-electron chi connectivity index (χ3n) is 2.97. The average molecular weight is 369 g/mol. The second-order valence-electron chi connectivity index (χ2n) is 4.96. The van der Waals surface area contributed by atoms with E-state index in [4.69, 9.17) is 11.6 Å². The number of carbonyl (C=O) groups excluding carboxylic acids is 1. The normalized spacial score (nSPS) is 13.0. The number of halogens is 4. The molecule has 0 aliphatic rings. The average Bonchev–Trinajstić information content (AvgIpc) is 2.54. The summed E-state index contributed by atoms with van der Waals surface area (Å²) in [4.78, 5) is 11.9. The Morgan fingerprint density at radius 1 is 1.08 bits per heavy atom. The molecule has 0 radical (unpaired) electrons. The zero-order valence-electron chi connectivity index (χ0n) is 12.7. The second kappa shape index (κ2) is 7.94. The van der Waals surface area contributed by atoms with Gasteiger partial charge in [0.15, 0.2) is 17.2 Å². The van der Waals surface area contributed by atoms with Crippen molar-refractivity contribution in [1.82, 2.24) is 0 Å². The molecule has 8 heteroatoms. The number of alkyl halides is 3. The number of allylic oxidation sites excluding steroid dienone is 1. The van der Waals surface area contributed by atoms with Crippen LogP contribution in [0.25, 0.3) is 5.76 Å². The van der Waals surface area contributed by atoms with Gasteiger partial charge in [-0.25, -0.2) is 0 Å². The van der Waals surface area contributed by atoms with Crippen molar-refractivity contribution < 1.29 is 23.1 Å². The molecule has 2 aromatic carbocycles. The molecule has 0 aliphatic carbocycles. The van der Waals surface area contributed by atoms with E-state index in [9.17, 15) is 23.1 Å². The number of benzene rings is 2. The smallest absolute Gasteiger partial charge is 0.396 e. The fourth-order valence-electron chi connectivity index (χ4n) is 1.88. The lowest BCUT2D eigenvalue weighted by atomic mass is 10.1. The number of nitrogens with zero attached hydrogens (tertiary/aromatic N) is 2. The van der Waals surface area contributed by atoms with Crippen molar-refractivity contribution >= 4 is 28.8 Å². The van der Waals surface area contributed by atoms with Crippen molar-refractivity contribution in [3.05, 3.63) is 70.9 Å². The monoisotopic (exact) mass is 368 g/mol. The summed E-state index contributed by atoms with van der Waals surface area (Å²) in [7, 11) is 0. The summed E-state index contributed by atoms with van der Waals surface area (Å²) in [5, 5.41) is 17.8. The highest BCUT2D eigenvalue weighted by molar-refractivity contribution is 6.30. The summed E-state index contributed by atoms with van der Waals surface area (Å²) < 4.78 is 37.6. The largest absolute Gasteiger partial charge is 0.505 e. The molecule has 0 saturated carbocycles. The van der Waals surface area contributed by atoms with E-state index < -0.39 is 29.8 Å². The molecule has 0 spiro atoms. The lowest BCUT2D eigenvalue weighted by Crippen LogP contribution is -2.16. The van der Waals surface area contributed by atoms with Gasteiger partial charge in [-0.1, -0.05) is 48.0 Å². The van der Waals surface area contributed by atoms with E-state index in [0.29, 0.717) is 5.02 Å². The molecule has 0 aromatic heterocycles. The summed E-state index contributed by atoms with van der Waals surface area (Å²) >= 11 is 5.79. The number of aliphatic hydroxyl groups is 1. The Labute approximate surface area is 146 Å². The van der Waals surface area contributed by atoms with Gasteiger partial charge in [0.1, 0.15) is 6.42 Å². The predicted molar refractivity (Wildman–Crippen MR) is 87.6 cm³/mol. The molecule has 0 bridgehead atoms. The highest BCUT2D eigenvalue weighted by Gasteiger charge is 2.34. The standard InChI is InChI=1S/C17H12ClF3N2O2/c18-12-7-4-8-13(9-12)22-23-15(14(24)10-17(19,20)21)16(25)11-5-2-1-3-6-11/h1-9,25H,10H2. The van der Waals surface area contributed by atoms with Crippen LogP contribution in [-0.4, -0.2) is 17.1 Å². The maximum Gasteiger partial charge on any atom is 0.396 e. The minimum absolute atomic E-state index is 0.151. The summed E-state index contributed by atoms with van der Waals surface area (Å²) in [5.74, 6) is -2.07. The summed E-state index contributed by atoms with van der Waals surface area (Å²) in [6, 6.07) is 13.7. The van der Waals surface area contributed by atoms with Crippen LogP contribution in [0.4, 0.5) is 18.9 Å². The fourth-order valence-corrected chi connectivity index (χ4v) is 2.06. The Bertz CT molecular complexity index is 818. The van der Waals surface area contributed by atoms with Crippen molar-refractivity contribution in [3.63, 3.8) is 0 Å². The lowest BCUT2D eigenvalue weighted by Gasteiger charge is -2.08. The Morgan fingerprint density at radius 2 is 1.76 bits per heavy atom. The van der Waals surface area contributed by atoms with E-state index in [0.717, 1.165) is 0 Å². The van der Waals surface area contributed by atoms with E-state index in [1.165, 1.54) is 24.3 Å². The van der Waals surface area contributed by atoms with Crippen LogP contribution in [0.1, 0.15) is 12.0 Å². The Balaban J connectivity index is 2.43. The Hall–Kier alpha value is -2.67. The number of rotatable bonds is 5. The minimum Gasteiger partial charge on any atom is -0.505 e. The van der Waals surface area contributed by atoms with Crippen molar-refractivity contribution in [2.45, 2.75) is 12.6 Å². The molecular formula is C17H12ClF3N2O2. The molecule has 0 heterocycles. The van der Waals surface area contributed by atoms with E-state index in [1.54, 1.807) is 30.3 Å². The van der Waals surface area contributed by atoms with Crippen LogP contribution in [0.2, 0.25) is 5.02 Å². The van der Waals surface area contributed by atoms with Gasteiger partial charge in [-0.05, 0) is 18.2 Å². The third-order valence-corrected chi connectivity index (χ3v) is 3.21. The van der Waals surface area contributed by atoms with E-state index >= 15 is 0 Å². The molecule has 4 nitrogen and oxygen atoms in total. The van der Waals surface area contributed by atoms with Crippen molar-refractivity contribution in [1.29, 1.82) is 0 Å². The van der Waals surface area contributed by atoms with Gasteiger partial charge in [0.2, 0.25) is 0 Å². The van der Waals surface area contributed by atoms with Crippen LogP contribution in [0.15, 0.2) is 70.5 Å². The van der Waals surface area contributed by atoms with Crippen molar-refractivity contribution in [3.8, 4) is 0 Å². The SMILES string of the molecule is O=C(CC(F)(F)F)C(N=Nc1cccc(Cl)c1)=C(O)c1ccccc1. The van der Waals surface area contributed by atoms with Gasteiger partial charge in [-0.15, -0.1) is 5.11 Å². The molecule has 1 N–H and O–H groups in total. The van der Waals surface area contributed by atoms with Gasteiger partial charge >= 0.3 is 6.18 Å². The van der Waals surface area contributed by atoms with Crippen LogP contribution in [0, 0.1) is 0 Å². The first-order valence-corrected chi connectivity index (χ1v) is 7.40. The number of hydrogen-bond acceptors (Lipinski definition) is 4. The number of Topliss-reactive ketones (excluding diaryl/α,β-unsaturated/α-hetero) is 1. The molecule has 0 aliphatic heterocycles. The molecule has 2 rings (SSSR count). The van der Waals surface area contributed by atoms with Crippen LogP contribution in [0.5, 0.6) is 0 Å². The number of hydrogen-bond donors (Lipinski definition) is 1. The lowest BCUT2D eigenvalue weighted by molar-refractivity contribution is -0.149. The topological polar surface area (TPSA) is 62.0 Å². The van der Waals surface area contributed by atoms with Gasteiger partial charge in [-0.3, -0.25) is 4.79 Å². The van der Waals surface area contributed by atoms with Gasteiger partial charge in [0, 0.05) is 10.6 Å². The van der Waals surface area contributed by atoms with Gasteiger partial charge < -0.3 is 5.11 Å². The first-order valence-electron chi connectivity index (χ1n) is 7.02. The highest BCUT2D eigenvalue weighted by atomic mass is 35.5. The Kier molecular flexibility index (Phi) is 5.93. The second-order valence-corrected chi connectivity index (χ2v) is 5.39. The molecule has 2 aromatic rings. The van der Waals surface area contributed by atoms with Gasteiger partial charge in [0.05, 0.1) is 5.69 Å². The molecule has 25 heavy (non-hydrogen) atoms. The zero-order valence-corrected chi connectivity index (χ0v) is 13.4. The fraction of sp³-hybridized carbons (Fsp3) is 0.118. The first-order chi connectivity index (χ1) is 11.8. The maximum atomic E-state index is 12.5. The molecule has 0 saturated heterocycles. The molecule has 0 atom stereocenters. The van der Waals surface area contributed by atoms with E-state index in [2.05, 4.69) is 10.2 Å². The molecular weight excluding hydrogens is 357 g/mol. The van der Waals surface area contributed by atoms with E-state index in [1.807, 2.05) is 0 Å². The number of aliphatic hydroxyl groups excluding tert-OH is 1. The molecule has 0 unspecified atom stereocenters. The molecule has 0 amide bonds. The summed E-state index contributed by atoms with van der Waals surface area (Å²) in [5.41, 5.74) is -0.396.